The number of carboxylic acid groups (broad SMARTS) is 1. The standard InChI is InChI=1S/C60H103NO7/c1-6-8-10-12-14-16-18-20-22-24-26-28-30-32-34-36-38-40-42-44-46-48-50-58(62)67-55-56(54-66-53-52-57(60(64)65)61(3,4)5)68-59(63)51-49-47-45-43-41-39-37-35-33-31-29-27-25-23-21-19-17-15-13-11-9-7-2/h9,11,15,17,21,23,27,29-30,32-33,35,39,41,56-57H,6-8,10,12-14,16,18-20,22,24-26,28,31,34,36-38,40,42-55H2,1-5H3/p+1/b11-9+,17-15+,23-21+,29-27+,32-30+,35-33+,41-39+. The molecule has 0 heterocycles. The van der Waals surface area contributed by atoms with E-state index in [4.69, 9.17) is 14.2 Å². The van der Waals surface area contributed by atoms with Crippen LogP contribution in [-0.4, -0.2) is 80.6 Å². The number of likely N-dealkylation sites (N-methyl/N-ethyl adjacent to an activating group) is 1. The summed E-state index contributed by atoms with van der Waals surface area (Å²) in [5, 5.41) is 9.67. The van der Waals surface area contributed by atoms with Crippen LogP contribution in [-0.2, 0) is 28.6 Å². The Kier molecular flexibility index (Phi) is 47.4. The van der Waals surface area contributed by atoms with Gasteiger partial charge in [0.05, 0.1) is 34.4 Å². The first-order valence-electron chi connectivity index (χ1n) is 27.6. The number of unbranched alkanes of at least 4 members (excludes halogenated alkanes) is 21. The number of hydrogen-bond donors (Lipinski definition) is 1. The van der Waals surface area contributed by atoms with Gasteiger partial charge in [0.1, 0.15) is 6.61 Å². The molecule has 0 bridgehead atoms. The summed E-state index contributed by atoms with van der Waals surface area (Å²) in [4.78, 5) is 37.2. The second-order valence-corrected chi connectivity index (χ2v) is 19.5. The van der Waals surface area contributed by atoms with Crippen LogP contribution in [0, 0.1) is 0 Å². The molecule has 2 unspecified atom stereocenters. The van der Waals surface area contributed by atoms with Crippen molar-refractivity contribution in [3.63, 3.8) is 0 Å². The number of quaternary nitrogens is 1. The van der Waals surface area contributed by atoms with Crippen LogP contribution in [0.15, 0.2) is 85.1 Å². The third-order valence-electron chi connectivity index (χ3n) is 12.0. The van der Waals surface area contributed by atoms with Crippen LogP contribution in [0.25, 0.3) is 0 Å². The summed E-state index contributed by atoms with van der Waals surface area (Å²) in [6.07, 6.45) is 66.4. The van der Waals surface area contributed by atoms with Crippen LogP contribution < -0.4 is 0 Å². The molecule has 0 radical (unpaired) electrons. The Labute approximate surface area is 418 Å². The van der Waals surface area contributed by atoms with Crippen molar-refractivity contribution in [2.24, 2.45) is 0 Å². The van der Waals surface area contributed by atoms with Crippen molar-refractivity contribution in [2.75, 3.05) is 41.0 Å². The highest BCUT2D eigenvalue weighted by Crippen LogP contribution is 2.15. The summed E-state index contributed by atoms with van der Waals surface area (Å²) in [6, 6.07) is -0.627. The second kappa shape index (κ2) is 49.9. The van der Waals surface area contributed by atoms with E-state index in [2.05, 4.69) is 98.9 Å². The number of carbonyl (C=O) groups excluding carboxylic acids is 2. The Morgan fingerprint density at radius 2 is 0.824 bits per heavy atom. The van der Waals surface area contributed by atoms with Crippen LogP contribution in [0.2, 0.25) is 0 Å². The minimum absolute atomic E-state index is 0.0420. The number of hydrogen-bond acceptors (Lipinski definition) is 6. The summed E-state index contributed by atoms with van der Waals surface area (Å²) in [6.45, 7) is 4.60. The van der Waals surface area contributed by atoms with E-state index in [1.807, 2.05) is 21.1 Å². The van der Waals surface area contributed by atoms with E-state index in [9.17, 15) is 19.5 Å². The molecular weight excluding hydrogens is 847 g/mol. The molecule has 0 aromatic rings. The molecule has 0 aliphatic rings. The smallest absolute Gasteiger partial charge is 0.362 e. The van der Waals surface area contributed by atoms with Gasteiger partial charge in [-0.25, -0.2) is 4.79 Å². The summed E-state index contributed by atoms with van der Waals surface area (Å²) in [5.74, 6) is -1.52. The molecule has 0 aliphatic heterocycles. The lowest BCUT2D eigenvalue weighted by atomic mass is 10.0. The molecule has 0 spiro atoms. The molecule has 0 rings (SSSR count). The van der Waals surface area contributed by atoms with Gasteiger partial charge < -0.3 is 23.8 Å². The fraction of sp³-hybridized carbons (Fsp3) is 0.717. The molecule has 0 fully saturated rings. The lowest BCUT2D eigenvalue weighted by Gasteiger charge is -2.31. The number of carboxylic acids is 1. The number of esters is 2. The van der Waals surface area contributed by atoms with E-state index in [0.29, 0.717) is 12.8 Å². The molecular formula is C60H104NO7+. The van der Waals surface area contributed by atoms with Crippen molar-refractivity contribution in [1.82, 2.24) is 0 Å². The number of nitrogens with zero attached hydrogens (tertiary/aromatic N) is 1. The molecule has 8 heteroatoms. The van der Waals surface area contributed by atoms with Crippen LogP contribution >= 0.6 is 0 Å². The highest BCUT2D eigenvalue weighted by molar-refractivity contribution is 5.72. The van der Waals surface area contributed by atoms with E-state index in [-0.39, 0.29) is 42.7 Å². The fourth-order valence-electron chi connectivity index (χ4n) is 7.80. The van der Waals surface area contributed by atoms with Gasteiger partial charge in [-0.1, -0.05) is 202 Å². The second-order valence-electron chi connectivity index (χ2n) is 19.5. The molecule has 2 atom stereocenters. The van der Waals surface area contributed by atoms with Crippen LogP contribution in [0.1, 0.15) is 226 Å². The van der Waals surface area contributed by atoms with E-state index < -0.39 is 18.1 Å². The lowest BCUT2D eigenvalue weighted by Crippen LogP contribution is -2.50. The zero-order valence-corrected chi connectivity index (χ0v) is 44.5. The maximum Gasteiger partial charge on any atom is 0.362 e. The molecule has 0 aliphatic carbocycles. The van der Waals surface area contributed by atoms with Gasteiger partial charge in [0.2, 0.25) is 0 Å². The number of ether oxygens (including phenoxy) is 3. The monoisotopic (exact) mass is 951 g/mol. The minimum atomic E-state index is -0.883. The van der Waals surface area contributed by atoms with Gasteiger partial charge in [-0.3, -0.25) is 9.59 Å². The third-order valence-corrected chi connectivity index (χ3v) is 12.0. The van der Waals surface area contributed by atoms with Gasteiger partial charge in [0.15, 0.2) is 12.1 Å². The van der Waals surface area contributed by atoms with Crippen molar-refractivity contribution in [2.45, 2.75) is 238 Å². The van der Waals surface area contributed by atoms with Crippen LogP contribution in [0.4, 0.5) is 0 Å². The topological polar surface area (TPSA) is 99.1 Å². The highest BCUT2D eigenvalue weighted by atomic mass is 16.6. The van der Waals surface area contributed by atoms with Gasteiger partial charge in [-0.15, -0.1) is 0 Å². The molecule has 0 aromatic heterocycles. The van der Waals surface area contributed by atoms with E-state index >= 15 is 0 Å². The number of aliphatic carboxylic acids is 1. The Morgan fingerprint density at radius 3 is 1.25 bits per heavy atom. The first kappa shape index (κ1) is 64.5. The summed E-state index contributed by atoms with van der Waals surface area (Å²) < 4.78 is 17.3. The van der Waals surface area contributed by atoms with Gasteiger partial charge in [-0.05, 0) is 89.9 Å². The van der Waals surface area contributed by atoms with Crippen LogP contribution in [0.3, 0.4) is 0 Å². The van der Waals surface area contributed by atoms with Crippen molar-refractivity contribution < 1.29 is 38.2 Å². The molecule has 1 N–H and O–H groups in total. The quantitative estimate of drug-likeness (QED) is 0.0281. The van der Waals surface area contributed by atoms with Gasteiger partial charge in [0.25, 0.3) is 0 Å². The SMILES string of the molecule is CC/C=C/C/C=C/C/C=C/C/C=C/C/C=C/C/C=C/CCCCCC(=O)OC(COCCC(C(=O)O)[N+](C)(C)C)COC(=O)CCCCCCCCC/C=C/CCCCCCCCCCCCC. The largest absolute Gasteiger partial charge is 0.477 e. The number of carbonyl (C=O) groups is 3. The summed E-state index contributed by atoms with van der Waals surface area (Å²) in [7, 11) is 5.52. The fourth-order valence-corrected chi connectivity index (χ4v) is 7.80. The zero-order valence-electron chi connectivity index (χ0n) is 44.5. The molecule has 0 saturated carbocycles. The lowest BCUT2D eigenvalue weighted by molar-refractivity contribution is -0.887. The maximum atomic E-state index is 12.8. The summed E-state index contributed by atoms with van der Waals surface area (Å²) >= 11 is 0. The van der Waals surface area contributed by atoms with Gasteiger partial charge >= 0.3 is 17.9 Å². The van der Waals surface area contributed by atoms with Gasteiger partial charge in [-0.2, -0.15) is 0 Å². The third kappa shape index (κ3) is 47.6. The maximum absolute atomic E-state index is 12.8. The van der Waals surface area contributed by atoms with Crippen molar-refractivity contribution in [3.05, 3.63) is 85.1 Å². The normalized spacial score (nSPS) is 13.5. The Hall–Kier alpha value is -3.49. The van der Waals surface area contributed by atoms with Crippen molar-refractivity contribution in [1.29, 1.82) is 0 Å². The van der Waals surface area contributed by atoms with E-state index in [0.717, 1.165) is 83.5 Å². The average Bonchev–Trinajstić information content (AvgIpc) is 3.30. The molecule has 0 aromatic carbocycles. The van der Waals surface area contributed by atoms with Crippen molar-refractivity contribution >= 4 is 17.9 Å². The zero-order chi connectivity index (χ0) is 49.9. The molecule has 0 amide bonds. The van der Waals surface area contributed by atoms with E-state index in [1.165, 1.54) is 109 Å². The molecule has 0 saturated heterocycles. The van der Waals surface area contributed by atoms with Crippen LogP contribution in [0.5, 0.6) is 0 Å². The predicted molar refractivity (Wildman–Crippen MR) is 289 cm³/mol. The average molecular weight is 951 g/mol. The Balaban J connectivity index is 4.29. The molecule has 390 valence electrons. The summed E-state index contributed by atoms with van der Waals surface area (Å²) in [5.41, 5.74) is 0. The Morgan fingerprint density at radius 1 is 0.456 bits per heavy atom. The molecule has 8 nitrogen and oxygen atoms in total. The number of allylic oxidation sites excluding steroid dienone is 14. The minimum Gasteiger partial charge on any atom is -0.477 e. The van der Waals surface area contributed by atoms with Crippen molar-refractivity contribution in [3.8, 4) is 0 Å². The predicted octanol–water partition coefficient (Wildman–Crippen LogP) is 16.4. The highest BCUT2D eigenvalue weighted by Gasteiger charge is 2.31. The Bertz CT molecular complexity index is 1380. The number of rotatable bonds is 49. The first-order chi connectivity index (χ1) is 33.1. The molecule has 68 heavy (non-hydrogen) atoms. The van der Waals surface area contributed by atoms with Gasteiger partial charge in [0, 0.05) is 19.3 Å². The first-order valence-corrected chi connectivity index (χ1v) is 27.6. The van der Waals surface area contributed by atoms with E-state index in [1.54, 1.807) is 0 Å².